The van der Waals surface area contributed by atoms with E-state index in [1.807, 2.05) is 25.1 Å². The maximum absolute atomic E-state index is 13.2. The lowest BCUT2D eigenvalue weighted by atomic mass is 10.1. The molecule has 1 aliphatic rings. The number of nitrogens with zero attached hydrogens (tertiary/aromatic N) is 2. The van der Waals surface area contributed by atoms with Gasteiger partial charge in [-0.2, -0.15) is 0 Å². The second-order valence-corrected chi connectivity index (χ2v) is 8.01. The zero-order chi connectivity index (χ0) is 24.1. The van der Waals surface area contributed by atoms with E-state index in [2.05, 4.69) is 4.74 Å². The molecule has 3 rings (SSSR count). The van der Waals surface area contributed by atoms with Crippen molar-refractivity contribution in [2.75, 3.05) is 20.7 Å². The Balaban J connectivity index is 1.81. The number of phenols is 2. The van der Waals surface area contributed by atoms with E-state index < -0.39 is 17.8 Å². The van der Waals surface area contributed by atoms with E-state index in [0.29, 0.717) is 19.6 Å². The molecule has 1 aliphatic heterocycles. The normalized spacial score (nSPS) is 12.6. The summed E-state index contributed by atoms with van der Waals surface area (Å²) in [6, 6.07) is 7.90. The molecule has 2 aromatic rings. The Morgan fingerprint density at radius 2 is 1.76 bits per heavy atom. The number of phenolic OH excluding ortho intramolecular Hbond substituents is 2. The SMILES string of the molecule is CCCCN(C)C(=O)c1cc(C(=O)N2Cc3ccc(C=CC(=O)OC)cc3C2)c(O)cc1O. The van der Waals surface area contributed by atoms with Gasteiger partial charge in [-0.05, 0) is 41.3 Å². The van der Waals surface area contributed by atoms with Gasteiger partial charge in [0.25, 0.3) is 11.8 Å². The molecule has 0 bridgehead atoms. The van der Waals surface area contributed by atoms with Crippen LogP contribution in [0.25, 0.3) is 6.08 Å². The number of rotatable bonds is 7. The third kappa shape index (κ3) is 5.34. The molecule has 2 aromatic carbocycles. The third-order valence-electron chi connectivity index (χ3n) is 5.62. The number of aromatic hydroxyl groups is 2. The van der Waals surface area contributed by atoms with Gasteiger partial charge in [0.1, 0.15) is 11.5 Å². The van der Waals surface area contributed by atoms with E-state index in [0.717, 1.165) is 35.6 Å². The van der Waals surface area contributed by atoms with Crippen LogP contribution in [0.3, 0.4) is 0 Å². The van der Waals surface area contributed by atoms with Crippen molar-refractivity contribution in [1.29, 1.82) is 0 Å². The maximum atomic E-state index is 13.2. The quantitative estimate of drug-likeness (QED) is 0.493. The summed E-state index contributed by atoms with van der Waals surface area (Å²) in [4.78, 5) is 40.3. The molecule has 0 atom stereocenters. The minimum Gasteiger partial charge on any atom is -0.507 e. The molecular weight excluding hydrogens is 424 g/mol. The van der Waals surface area contributed by atoms with Crippen molar-refractivity contribution in [2.24, 2.45) is 0 Å². The molecule has 174 valence electrons. The van der Waals surface area contributed by atoms with Crippen LogP contribution in [-0.4, -0.2) is 58.5 Å². The Morgan fingerprint density at radius 1 is 1.06 bits per heavy atom. The van der Waals surface area contributed by atoms with Crippen LogP contribution in [0.2, 0.25) is 0 Å². The Hall–Kier alpha value is -3.81. The van der Waals surface area contributed by atoms with Gasteiger partial charge >= 0.3 is 5.97 Å². The van der Waals surface area contributed by atoms with Gasteiger partial charge in [0.05, 0.1) is 18.2 Å². The van der Waals surface area contributed by atoms with Crippen LogP contribution in [-0.2, 0) is 22.6 Å². The van der Waals surface area contributed by atoms with Gasteiger partial charge in [0.15, 0.2) is 0 Å². The van der Waals surface area contributed by atoms with Crippen molar-refractivity contribution in [3.8, 4) is 11.5 Å². The average Bonchev–Trinajstić information content (AvgIpc) is 3.23. The van der Waals surface area contributed by atoms with Crippen molar-refractivity contribution < 1.29 is 29.3 Å². The predicted molar refractivity (Wildman–Crippen MR) is 123 cm³/mol. The molecule has 0 unspecified atom stereocenters. The van der Waals surface area contributed by atoms with Gasteiger partial charge in [-0.15, -0.1) is 0 Å². The summed E-state index contributed by atoms with van der Waals surface area (Å²) >= 11 is 0. The largest absolute Gasteiger partial charge is 0.507 e. The van der Waals surface area contributed by atoms with E-state index in [1.165, 1.54) is 24.2 Å². The molecule has 8 nitrogen and oxygen atoms in total. The van der Waals surface area contributed by atoms with Crippen LogP contribution < -0.4 is 0 Å². The Bertz CT molecular complexity index is 1110. The molecule has 0 aromatic heterocycles. The van der Waals surface area contributed by atoms with E-state index in [4.69, 9.17) is 0 Å². The summed E-state index contributed by atoms with van der Waals surface area (Å²) in [5.41, 5.74) is 2.60. The van der Waals surface area contributed by atoms with Gasteiger partial charge < -0.3 is 24.7 Å². The number of benzene rings is 2. The molecule has 0 saturated carbocycles. The number of amides is 2. The lowest BCUT2D eigenvalue weighted by Gasteiger charge is -2.20. The molecule has 0 saturated heterocycles. The lowest BCUT2D eigenvalue weighted by molar-refractivity contribution is -0.134. The van der Waals surface area contributed by atoms with Crippen molar-refractivity contribution >= 4 is 23.9 Å². The van der Waals surface area contributed by atoms with Gasteiger partial charge in [-0.25, -0.2) is 4.79 Å². The summed E-state index contributed by atoms with van der Waals surface area (Å²) in [5.74, 6) is -2.07. The molecule has 0 radical (unpaired) electrons. The number of hydrogen-bond acceptors (Lipinski definition) is 6. The summed E-state index contributed by atoms with van der Waals surface area (Å²) < 4.78 is 4.59. The molecule has 8 heteroatoms. The fourth-order valence-corrected chi connectivity index (χ4v) is 3.69. The van der Waals surface area contributed by atoms with Gasteiger partial charge in [0.2, 0.25) is 0 Å². The van der Waals surface area contributed by atoms with E-state index >= 15 is 0 Å². The number of hydrogen-bond donors (Lipinski definition) is 2. The first-order valence-corrected chi connectivity index (χ1v) is 10.7. The third-order valence-corrected chi connectivity index (χ3v) is 5.62. The van der Waals surface area contributed by atoms with Crippen LogP contribution >= 0.6 is 0 Å². The van der Waals surface area contributed by atoms with Crippen molar-refractivity contribution in [2.45, 2.75) is 32.9 Å². The number of esters is 1. The zero-order valence-electron chi connectivity index (χ0n) is 19.0. The minimum absolute atomic E-state index is 0.0262. The Labute approximate surface area is 192 Å². The summed E-state index contributed by atoms with van der Waals surface area (Å²) in [6.07, 6.45) is 4.69. The fourth-order valence-electron chi connectivity index (χ4n) is 3.69. The van der Waals surface area contributed by atoms with Crippen molar-refractivity contribution in [3.05, 3.63) is 64.2 Å². The molecular formula is C25H28N2O6. The molecule has 2 amide bonds. The highest BCUT2D eigenvalue weighted by Gasteiger charge is 2.28. The highest BCUT2D eigenvalue weighted by molar-refractivity contribution is 6.03. The van der Waals surface area contributed by atoms with Gasteiger partial charge in [-0.3, -0.25) is 9.59 Å². The lowest BCUT2D eigenvalue weighted by Crippen LogP contribution is -2.29. The van der Waals surface area contributed by atoms with Crippen LogP contribution in [0.1, 0.15) is 57.2 Å². The van der Waals surface area contributed by atoms with E-state index in [9.17, 15) is 24.6 Å². The second kappa shape index (κ2) is 10.2. The number of carbonyl (C=O) groups is 3. The highest BCUT2D eigenvalue weighted by atomic mass is 16.5. The zero-order valence-corrected chi connectivity index (χ0v) is 19.0. The highest BCUT2D eigenvalue weighted by Crippen LogP contribution is 2.32. The van der Waals surface area contributed by atoms with Crippen LogP contribution in [0.5, 0.6) is 11.5 Å². The standard InChI is InChI=1S/C25H28N2O6/c1-4-5-10-26(2)24(31)19-12-20(22(29)13-21(19)28)25(32)27-14-17-8-6-16(11-18(17)15-27)7-9-23(30)33-3/h6-9,11-13,28-29H,4-5,10,14-15H2,1-3H3. The molecule has 0 fully saturated rings. The fraction of sp³-hybridized carbons (Fsp3) is 0.320. The van der Waals surface area contributed by atoms with E-state index in [-0.39, 0.29) is 22.6 Å². The monoisotopic (exact) mass is 452 g/mol. The van der Waals surface area contributed by atoms with Crippen molar-refractivity contribution in [3.63, 3.8) is 0 Å². The molecule has 33 heavy (non-hydrogen) atoms. The van der Waals surface area contributed by atoms with Crippen molar-refractivity contribution in [1.82, 2.24) is 9.80 Å². The number of unbranched alkanes of at least 4 members (excludes halogenated alkanes) is 1. The number of methoxy groups -OCH3 is 1. The number of ether oxygens (including phenoxy) is 1. The predicted octanol–water partition coefficient (Wildman–Crippen LogP) is 3.31. The maximum Gasteiger partial charge on any atom is 0.330 e. The Kier molecular flexibility index (Phi) is 7.37. The number of carbonyl (C=O) groups excluding carboxylic acids is 3. The van der Waals surface area contributed by atoms with Gasteiger partial charge in [0, 0.05) is 38.8 Å². The average molecular weight is 453 g/mol. The molecule has 1 heterocycles. The molecule has 0 aliphatic carbocycles. The van der Waals surface area contributed by atoms with Crippen LogP contribution in [0.4, 0.5) is 0 Å². The topological polar surface area (TPSA) is 107 Å². The minimum atomic E-state index is -0.458. The van der Waals surface area contributed by atoms with Crippen LogP contribution in [0, 0.1) is 0 Å². The summed E-state index contributed by atoms with van der Waals surface area (Å²) in [6.45, 7) is 3.19. The first-order valence-electron chi connectivity index (χ1n) is 10.7. The Morgan fingerprint density at radius 3 is 2.45 bits per heavy atom. The smallest absolute Gasteiger partial charge is 0.330 e. The first-order chi connectivity index (χ1) is 15.7. The molecule has 0 spiro atoms. The summed E-state index contributed by atoms with van der Waals surface area (Å²) in [5, 5.41) is 20.5. The number of fused-ring (bicyclic) bond motifs is 1. The van der Waals surface area contributed by atoms with E-state index in [1.54, 1.807) is 18.0 Å². The molecule has 2 N–H and O–H groups in total. The summed E-state index contributed by atoms with van der Waals surface area (Å²) in [7, 11) is 2.94. The van der Waals surface area contributed by atoms with Crippen LogP contribution in [0.15, 0.2) is 36.4 Å². The first kappa shape index (κ1) is 23.8. The van der Waals surface area contributed by atoms with Gasteiger partial charge in [-0.1, -0.05) is 25.5 Å². The second-order valence-electron chi connectivity index (χ2n) is 8.01.